The summed E-state index contributed by atoms with van der Waals surface area (Å²) in [5.41, 5.74) is 1.74. The number of rotatable bonds is 4. The second-order valence-electron chi connectivity index (χ2n) is 4.72. The fourth-order valence-corrected chi connectivity index (χ4v) is 1.96. The molecular formula is C17H14FNO2. The number of nitrogens with zero attached hydrogens (tertiary/aromatic N) is 1. The van der Waals surface area contributed by atoms with Gasteiger partial charge in [-0.15, -0.1) is 0 Å². The Hall–Kier alpha value is -2.67. The molecule has 2 aromatic rings. The third-order valence-electron chi connectivity index (χ3n) is 3.16. The lowest BCUT2D eigenvalue weighted by atomic mass is 10.1. The maximum Gasteiger partial charge on any atom is 0.159 e. The average molecular weight is 283 g/mol. The van der Waals surface area contributed by atoms with Gasteiger partial charge in [0.1, 0.15) is 24.2 Å². The van der Waals surface area contributed by atoms with Crippen LogP contribution in [0.1, 0.15) is 34.0 Å². The summed E-state index contributed by atoms with van der Waals surface area (Å²) in [7, 11) is 0. The lowest BCUT2D eigenvalue weighted by Crippen LogP contribution is -2.02. The van der Waals surface area contributed by atoms with E-state index in [0.29, 0.717) is 16.9 Å². The Morgan fingerprint density at radius 1 is 1.33 bits per heavy atom. The van der Waals surface area contributed by atoms with Crippen LogP contribution in [0, 0.1) is 24.1 Å². The predicted octanol–water partition coefficient (Wildman–Crippen LogP) is 3.79. The molecule has 0 amide bonds. The van der Waals surface area contributed by atoms with Crippen LogP contribution in [0.5, 0.6) is 5.75 Å². The van der Waals surface area contributed by atoms with E-state index in [0.717, 1.165) is 5.56 Å². The number of carbonyl (C=O) groups excluding carboxylic acids is 1. The molecule has 0 heterocycles. The summed E-state index contributed by atoms with van der Waals surface area (Å²) < 4.78 is 19.5. The van der Waals surface area contributed by atoms with E-state index in [2.05, 4.69) is 0 Å². The molecule has 0 radical (unpaired) electrons. The van der Waals surface area contributed by atoms with Gasteiger partial charge in [0.05, 0.1) is 5.56 Å². The highest BCUT2D eigenvalue weighted by Crippen LogP contribution is 2.22. The summed E-state index contributed by atoms with van der Waals surface area (Å²) >= 11 is 0. The minimum Gasteiger partial charge on any atom is -0.489 e. The van der Waals surface area contributed by atoms with Crippen LogP contribution in [0.25, 0.3) is 0 Å². The minimum atomic E-state index is -0.557. The van der Waals surface area contributed by atoms with Gasteiger partial charge in [-0.1, -0.05) is 12.1 Å². The number of carbonyl (C=O) groups is 1. The maximum absolute atomic E-state index is 13.9. The molecule has 4 heteroatoms. The van der Waals surface area contributed by atoms with Gasteiger partial charge in [-0.05, 0) is 43.7 Å². The third-order valence-corrected chi connectivity index (χ3v) is 3.16. The van der Waals surface area contributed by atoms with E-state index >= 15 is 0 Å². The van der Waals surface area contributed by atoms with E-state index in [-0.39, 0.29) is 18.0 Å². The quantitative estimate of drug-likeness (QED) is 0.802. The van der Waals surface area contributed by atoms with Crippen molar-refractivity contribution in [2.45, 2.75) is 20.5 Å². The van der Waals surface area contributed by atoms with Crippen LogP contribution >= 0.6 is 0 Å². The largest absolute Gasteiger partial charge is 0.489 e. The number of ether oxygens (including phenoxy) is 1. The second kappa shape index (κ2) is 6.19. The smallest absolute Gasteiger partial charge is 0.159 e. The molecule has 0 saturated carbocycles. The number of hydrogen-bond donors (Lipinski definition) is 0. The zero-order valence-corrected chi connectivity index (χ0v) is 11.8. The van der Waals surface area contributed by atoms with Gasteiger partial charge in [0.25, 0.3) is 0 Å². The number of ketones is 1. The molecule has 3 nitrogen and oxygen atoms in total. The zero-order chi connectivity index (χ0) is 15.4. The second-order valence-corrected chi connectivity index (χ2v) is 4.72. The van der Waals surface area contributed by atoms with Crippen LogP contribution < -0.4 is 4.74 Å². The Labute approximate surface area is 122 Å². The molecule has 0 atom stereocenters. The lowest BCUT2D eigenvalue weighted by Gasteiger charge is -2.11. The van der Waals surface area contributed by atoms with Crippen molar-refractivity contribution >= 4 is 5.78 Å². The standard InChI is InChI=1S/C17H14FNO2/c1-11-8-13(12(2)20)6-7-16(11)21-10-15-5-3-4-14(9-19)17(15)18/h3-8H,10H2,1-2H3. The van der Waals surface area contributed by atoms with E-state index in [1.807, 2.05) is 6.92 Å². The van der Waals surface area contributed by atoms with Crippen molar-refractivity contribution in [2.75, 3.05) is 0 Å². The Balaban J connectivity index is 2.18. The van der Waals surface area contributed by atoms with Crippen molar-refractivity contribution < 1.29 is 13.9 Å². The molecule has 2 rings (SSSR count). The topological polar surface area (TPSA) is 50.1 Å². The molecule has 2 aromatic carbocycles. The van der Waals surface area contributed by atoms with Gasteiger partial charge in [-0.3, -0.25) is 4.79 Å². The normalized spacial score (nSPS) is 10.0. The number of Topliss-reactive ketones (excluding diaryl/α,β-unsaturated/α-hetero) is 1. The van der Waals surface area contributed by atoms with Crippen LogP contribution in [0.15, 0.2) is 36.4 Å². The van der Waals surface area contributed by atoms with Crippen molar-refractivity contribution in [3.8, 4) is 11.8 Å². The molecule has 21 heavy (non-hydrogen) atoms. The first-order valence-electron chi connectivity index (χ1n) is 6.45. The summed E-state index contributed by atoms with van der Waals surface area (Å²) in [4.78, 5) is 11.3. The summed E-state index contributed by atoms with van der Waals surface area (Å²) in [5, 5.41) is 8.79. The highest BCUT2D eigenvalue weighted by Gasteiger charge is 2.09. The van der Waals surface area contributed by atoms with E-state index in [1.165, 1.54) is 13.0 Å². The van der Waals surface area contributed by atoms with Gasteiger partial charge in [-0.25, -0.2) is 4.39 Å². The number of nitriles is 1. The summed E-state index contributed by atoms with van der Waals surface area (Å²) in [6.45, 7) is 3.35. The SMILES string of the molecule is CC(=O)c1ccc(OCc2cccc(C#N)c2F)c(C)c1. The number of halogens is 1. The van der Waals surface area contributed by atoms with Gasteiger partial charge in [0.2, 0.25) is 0 Å². The first-order valence-corrected chi connectivity index (χ1v) is 6.45. The van der Waals surface area contributed by atoms with Crippen molar-refractivity contribution in [1.29, 1.82) is 5.26 Å². The van der Waals surface area contributed by atoms with Crippen LogP contribution in [-0.4, -0.2) is 5.78 Å². The molecule has 0 spiro atoms. The van der Waals surface area contributed by atoms with E-state index in [4.69, 9.17) is 10.00 Å². The molecule has 0 saturated heterocycles. The van der Waals surface area contributed by atoms with Gasteiger partial charge in [0.15, 0.2) is 5.78 Å². The summed E-state index contributed by atoms with van der Waals surface area (Å²) in [6.07, 6.45) is 0. The fraction of sp³-hybridized carbons (Fsp3) is 0.176. The Morgan fingerprint density at radius 3 is 2.71 bits per heavy atom. The van der Waals surface area contributed by atoms with Crippen molar-refractivity contribution in [3.05, 3.63) is 64.5 Å². The molecule has 0 unspecified atom stereocenters. The van der Waals surface area contributed by atoms with Crippen LogP contribution in [-0.2, 0) is 6.61 Å². The predicted molar refractivity (Wildman–Crippen MR) is 76.6 cm³/mol. The van der Waals surface area contributed by atoms with Crippen LogP contribution in [0.2, 0.25) is 0 Å². The van der Waals surface area contributed by atoms with Crippen molar-refractivity contribution in [3.63, 3.8) is 0 Å². The van der Waals surface area contributed by atoms with Crippen LogP contribution in [0.3, 0.4) is 0 Å². The monoisotopic (exact) mass is 283 g/mol. The number of aryl methyl sites for hydroxylation is 1. The highest BCUT2D eigenvalue weighted by molar-refractivity contribution is 5.94. The fourth-order valence-electron chi connectivity index (χ4n) is 1.96. The first kappa shape index (κ1) is 14.7. The Morgan fingerprint density at radius 2 is 2.10 bits per heavy atom. The van der Waals surface area contributed by atoms with Gasteiger partial charge in [0, 0.05) is 11.1 Å². The van der Waals surface area contributed by atoms with Gasteiger partial charge < -0.3 is 4.74 Å². The Bertz CT molecular complexity index is 732. The summed E-state index contributed by atoms with van der Waals surface area (Å²) in [6, 6.07) is 11.5. The first-order chi connectivity index (χ1) is 10.0. The van der Waals surface area contributed by atoms with Crippen molar-refractivity contribution in [2.24, 2.45) is 0 Å². The molecule has 106 valence electrons. The van der Waals surface area contributed by atoms with Crippen LogP contribution in [0.4, 0.5) is 4.39 Å². The minimum absolute atomic E-state index is 0.000232. The molecule has 0 aliphatic heterocycles. The Kier molecular flexibility index (Phi) is 4.34. The summed E-state index contributed by atoms with van der Waals surface area (Å²) in [5.74, 6) is 0.0113. The van der Waals surface area contributed by atoms with Gasteiger partial charge in [-0.2, -0.15) is 5.26 Å². The molecule has 0 N–H and O–H groups in total. The molecule has 0 fully saturated rings. The molecule has 0 bridgehead atoms. The van der Waals surface area contributed by atoms with Gasteiger partial charge >= 0.3 is 0 Å². The third kappa shape index (κ3) is 3.26. The molecule has 0 aromatic heterocycles. The number of hydrogen-bond acceptors (Lipinski definition) is 3. The molecular weight excluding hydrogens is 269 g/mol. The molecule has 0 aliphatic rings. The zero-order valence-electron chi connectivity index (χ0n) is 11.8. The van der Waals surface area contributed by atoms with E-state index in [1.54, 1.807) is 36.4 Å². The van der Waals surface area contributed by atoms with E-state index in [9.17, 15) is 9.18 Å². The lowest BCUT2D eigenvalue weighted by molar-refractivity contribution is 0.101. The number of benzene rings is 2. The van der Waals surface area contributed by atoms with E-state index < -0.39 is 5.82 Å². The molecule has 0 aliphatic carbocycles. The highest BCUT2D eigenvalue weighted by atomic mass is 19.1. The maximum atomic E-state index is 13.9. The average Bonchev–Trinajstić information content (AvgIpc) is 2.47. The van der Waals surface area contributed by atoms with Crippen molar-refractivity contribution in [1.82, 2.24) is 0 Å².